The van der Waals surface area contributed by atoms with Crippen LogP contribution in [0.1, 0.15) is 133 Å². The third-order valence-electron chi connectivity index (χ3n) is 6.85. The average molecular weight is 600 g/mol. The Bertz CT molecular complexity index is 862. The Kier molecular flexibility index (Phi) is 22.1. The van der Waals surface area contributed by atoms with Crippen LogP contribution in [0.3, 0.4) is 0 Å². The van der Waals surface area contributed by atoms with E-state index < -0.39 is 26.5 Å². The van der Waals surface area contributed by atoms with Crippen LogP contribution in [0.2, 0.25) is 0 Å². The Balaban J connectivity index is 2.21. The summed E-state index contributed by atoms with van der Waals surface area (Å²) in [4.78, 5) is 32.9. The maximum Gasteiger partial charge on any atom is 0.753 e. The first-order valence-corrected chi connectivity index (χ1v) is 16.6. The van der Waals surface area contributed by atoms with Crippen LogP contribution < -0.4 is 4.74 Å². The summed E-state index contributed by atoms with van der Waals surface area (Å²) in [6.45, 7) is 4.63. The minimum absolute atomic E-state index is 0.0590. The van der Waals surface area contributed by atoms with Crippen molar-refractivity contribution in [2.75, 3.05) is 19.8 Å². The molecule has 41 heavy (non-hydrogen) atoms. The summed E-state index contributed by atoms with van der Waals surface area (Å²) in [5, 5.41) is 10.5. The highest BCUT2D eigenvalue weighted by molar-refractivity contribution is 7.32. The monoisotopic (exact) mass is 599 g/mol. The topological polar surface area (TPSA) is 129 Å². The fraction of sp³-hybridized carbons (Fsp3) is 0.742. The van der Waals surface area contributed by atoms with Gasteiger partial charge >= 0.3 is 20.4 Å². The maximum absolute atomic E-state index is 12.5. The highest BCUT2D eigenvalue weighted by Gasteiger charge is 2.27. The summed E-state index contributed by atoms with van der Waals surface area (Å²) < 4.78 is 30.5. The number of aliphatic hydroxyl groups is 1. The molecule has 0 heterocycles. The summed E-state index contributed by atoms with van der Waals surface area (Å²) >= 11 is 0. The summed E-state index contributed by atoms with van der Waals surface area (Å²) in [6, 6.07) is 4.47. The average Bonchev–Trinajstić information content (AvgIpc) is 2.92. The first-order chi connectivity index (χ1) is 19.9. The molecule has 0 bridgehead atoms. The van der Waals surface area contributed by atoms with Gasteiger partial charge in [0.25, 0.3) is 0 Å². The summed E-state index contributed by atoms with van der Waals surface area (Å²) in [7, 11) is -3.21. The second-order valence-electron chi connectivity index (χ2n) is 10.4. The Morgan fingerprint density at radius 2 is 1.37 bits per heavy atom. The van der Waals surface area contributed by atoms with Gasteiger partial charge in [0.1, 0.15) is 11.3 Å². The number of rotatable bonds is 25. The van der Waals surface area contributed by atoms with Crippen LogP contribution in [0.5, 0.6) is 5.75 Å². The van der Waals surface area contributed by atoms with Gasteiger partial charge in [0.15, 0.2) is 0 Å². The lowest BCUT2D eigenvalue weighted by Gasteiger charge is -2.16. The van der Waals surface area contributed by atoms with Crippen molar-refractivity contribution in [1.82, 2.24) is 0 Å². The molecule has 0 aliphatic carbocycles. The van der Waals surface area contributed by atoms with E-state index >= 15 is 0 Å². The Labute approximate surface area is 247 Å². The maximum atomic E-state index is 12.5. The van der Waals surface area contributed by atoms with Crippen molar-refractivity contribution < 1.29 is 42.9 Å². The molecule has 0 radical (unpaired) electrons. The molecule has 234 valence electrons. The van der Waals surface area contributed by atoms with Crippen LogP contribution >= 0.6 is 8.25 Å². The standard InChI is InChI=1S/C31H51O9P/c1-3-5-6-7-8-9-10-11-12-13-14-15-16-17-18-19-23-37-25-27(32)24-26-21-20-22-28(29(26)30(33)38-4-2)39-31(34)40-41(35)36/h20-22,27,32H,3-19,23-25H2,1-2H3/p+1. The second-order valence-corrected chi connectivity index (χ2v) is 11.1. The smallest absolute Gasteiger partial charge is 0.462 e. The normalized spacial score (nSPS) is 12.1. The van der Waals surface area contributed by atoms with Gasteiger partial charge in [-0.3, -0.25) is 0 Å². The molecule has 0 spiro atoms. The van der Waals surface area contributed by atoms with E-state index in [1.54, 1.807) is 13.0 Å². The fourth-order valence-electron chi connectivity index (χ4n) is 4.72. The van der Waals surface area contributed by atoms with Crippen molar-refractivity contribution in [3.05, 3.63) is 29.3 Å². The van der Waals surface area contributed by atoms with Gasteiger partial charge in [-0.25, -0.2) is 4.79 Å². The summed E-state index contributed by atoms with van der Waals surface area (Å²) in [5.74, 6) is -0.940. The number of carbonyl (C=O) groups excluding carboxylic acids is 2. The van der Waals surface area contributed by atoms with Crippen LogP contribution in [0, 0.1) is 0 Å². The number of hydrogen-bond donors (Lipinski definition) is 2. The number of ether oxygens (including phenoxy) is 3. The number of carbonyl (C=O) groups is 2. The van der Waals surface area contributed by atoms with Crippen LogP contribution in [0.25, 0.3) is 0 Å². The molecule has 1 aromatic carbocycles. The van der Waals surface area contributed by atoms with Crippen molar-refractivity contribution >= 4 is 20.4 Å². The molecule has 1 rings (SSSR count). The van der Waals surface area contributed by atoms with Crippen molar-refractivity contribution in [2.24, 2.45) is 0 Å². The number of esters is 1. The number of hydrogen-bond acceptors (Lipinski definition) is 8. The van der Waals surface area contributed by atoms with Crippen molar-refractivity contribution in [3.8, 4) is 5.75 Å². The largest absolute Gasteiger partial charge is 0.753 e. The molecular weight excluding hydrogens is 547 g/mol. The third kappa shape index (κ3) is 18.9. The molecule has 0 amide bonds. The van der Waals surface area contributed by atoms with Gasteiger partial charge in [-0.1, -0.05) is 115 Å². The van der Waals surface area contributed by atoms with Crippen LogP contribution in [0.15, 0.2) is 18.2 Å². The molecule has 2 N–H and O–H groups in total. The van der Waals surface area contributed by atoms with Gasteiger partial charge in [-0.15, -0.1) is 9.42 Å². The van der Waals surface area contributed by atoms with E-state index in [-0.39, 0.29) is 30.9 Å². The van der Waals surface area contributed by atoms with Gasteiger partial charge in [0, 0.05) is 17.6 Å². The van der Waals surface area contributed by atoms with Gasteiger partial charge in [-0.05, 0) is 25.0 Å². The Morgan fingerprint density at radius 3 is 1.88 bits per heavy atom. The second kappa shape index (κ2) is 24.5. The predicted molar refractivity (Wildman–Crippen MR) is 159 cm³/mol. The minimum Gasteiger partial charge on any atom is -0.462 e. The van der Waals surface area contributed by atoms with Gasteiger partial charge in [0.05, 0.1) is 19.3 Å². The highest BCUT2D eigenvalue weighted by Crippen LogP contribution is 2.27. The zero-order valence-corrected chi connectivity index (χ0v) is 26.0. The molecule has 10 heteroatoms. The lowest BCUT2D eigenvalue weighted by molar-refractivity contribution is 0.0349. The van der Waals surface area contributed by atoms with Gasteiger partial charge in [0.2, 0.25) is 0 Å². The van der Waals surface area contributed by atoms with Crippen LogP contribution in [-0.4, -0.2) is 48.0 Å². The molecular formula is C31H52O9P+. The quantitative estimate of drug-likeness (QED) is 0.0494. The molecule has 2 unspecified atom stereocenters. The first kappa shape index (κ1) is 37.0. The van der Waals surface area contributed by atoms with Crippen molar-refractivity contribution in [2.45, 2.75) is 129 Å². The molecule has 0 aromatic heterocycles. The number of unbranched alkanes of at least 4 members (excludes halogenated alkanes) is 15. The number of aliphatic hydroxyl groups excluding tert-OH is 1. The first-order valence-electron chi connectivity index (χ1n) is 15.5. The minimum atomic E-state index is -3.21. The molecule has 0 aliphatic rings. The van der Waals surface area contributed by atoms with E-state index in [1.165, 1.54) is 102 Å². The Morgan fingerprint density at radius 1 is 0.829 bits per heavy atom. The fourth-order valence-corrected chi connectivity index (χ4v) is 4.89. The SMILES string of the molecule is CCCCCCCCCCCCCCCCCCOCC(O)Cc1cccc(OC(=O)O[P+](=O)O)c1C(=O)OCC. The molecule has 0 saturated carbocycles. The van der Waals surface area contributed by atoms with Crippen molar-refractivity contribution in [3.63, 3.8) is 0 Å². The van der Waals surface area contributed by atoms with Crippen molar-refractivity contribution in [1.29, 1.82) is 0 Å². The van der Waals surface area contributed by atoms with E-state index in [0.29, 0.717) is 12.2 Å². The molecule has 2 atom stereocenters. The van der Waals surface area contributed by atoms with E-state index in [9.17, 15) is 19.3 Å². The lowest BCUT2D eigenvalue weighted by Crippen LogP contribution is -2.21. The third-order valence-corrected chi connectivity index (χ3v) is 7.15. The zero-order valence-electron chi connectivity index (χ0n) is 25.2. The lowest BCUT2D eigenvalue weighted by atomic mass is 10.0. The molecule has 0 fully saturated rings. The van der Waals surface area contributed by atoms with E-state index in [2.05, 4.69) is 11.4 Å². The van der Waals surface area contributed by atoms with Gasteiger partial charge in [-0.2, -0.15) is 4.79 Å². The zero-order chi connectivity index (χ0) is 30.1. The van der Waals surface area contributed by atoms with Crippen LogP contribution in [0.4, 0.5) is 4.79 Å². The Hall–Kier alpha value is -2.06. The van der Waals surface area contributed by atoms with E-state index in [0.717, 1.165) is 12.8 Å². The molecule has 0 aliphatic heterocycles. The van der Waals surface area contributed by atoms with E-state index in [4.69, 9.17) is 19.1 Å². The molecule has 1 aromatic rings. The number of benzene rings is 1. The van der Waals surface area contributed by atoms with Crippen LogP contribution in [-0.2, 0) is 25.0 Å². The molecule has 0 saturated heterocycles. The highest BCUT2D eigenvalue weighted by atomic mass is 31.1. The molecule has 9 nitrogen and oxygen atoms in total. The summed E-state index contributed by atoms with van der Waals surface area (Å²) in [6.07, 6.45) is 18.6. The van der Waals surface area contributed by atoms with Gasteiger partial charge < -0.3 is 19.3 Å². The predicted octanol–water partition coefficient (Wildman–Crippen LogP) is 8.21. The van der Waals surface area contributed by atoms with E-state index in [1.807, 2.05) is 0 Å². The summed E-state index contributed by atoms with van der Waals surface area (Å²) in [5.41, 5.74) is 0.331.